The zero-order valence-corrected chi connectivity index (χ0v) is 19.5. The lowest BCUT2D eigenvalue weighted by molar-refractivity contribution is -0.123. The highest BCUT2D eigenvalue weighted by Crippen LogP contribution is 2.56. The van der Waals surface area contributed by atoms with Gasteiger partial charge in [-0.2, -0.15) is 0 Å². The van der Waals surface area contributed by atoms with Crippen molar-refractivity contribution in [2.75, 3.05) is 31.0 Å². The summed E-state index contributed by atoms with van der Waals surface area (Å²) in [5, 5.41) is 2.63. The standard InChI is InChI=1S/C26H26N2O7/c1-33-18-8-9-19(20(12-18)34-2)27-21(29)13-35-26(32)16-4-3-5-17(11-16)28-24(30)22-14-6-7-15(10-14)23(22)25(28)31/h3-5,8-9,11-12,14-15,22-23H,6-7,10,13H2,1-2H3,(H,27,29)/t14-,15-,22+,23+/m0/s1. The zero-order valence-electron chi connectivity index (χ0n) is 19.5. The second-order valence-electron chi connectivity index (χ2n) is 9.14. The maximum absolute atomic E-state index is 13.1. The van der Waals surface area contributed by atoms with Crippen molar-refractivity contribution in [1.29, 1.82) is 0 Å². The van der Waals surface area contributed by atoms with E-state index in [0.29, 0.717) is 22.9 Å². The summed E-state index contributed by atoms with van der Waals surface area (Å²) < 4.78 is 15.5. The Balaban J connectivity index is 1.23. The molecule has 3 amide bonds. The minimum Gasteiger partial charge on any atom is -0.497 e. The minimum absolute atomic E-state index is 0.151. The highest BCUT2D eigenvalue weighted by atomic mass is 16.5. The van der Waals surface area contributed by atoms with Crippen LogP contribution in [0.5, 0.6) is 11.5 Å². The van der Waals surface area contributed by atoms with E-state index in [2.05, 4.69) is 5.32 Å². The molecule has 35 heavy (non-hydrogen) atoms. The Labute approximate surface area is 202 Å². The molecule has 2 bridgehead atoms. The quantitative estimate of drug-likeness (QED) is 0.481. The largest absolute Gasteiger partial charge is 0.497 e. The summed E-state index contributed by atoms with van der Waals surface area (Å²) in [6.45, 7) is -0.521. The maximum atomic E-state index is 13.1. The van der Waals surface area contributed by atoms with Crippen LogP contribution in [0, 0.1) is 23.7 Å². The summed E-state index contributed by atoms with van der Waals surface area (Å²) in [6, 6.07) is 11.1. The predicted octanol–water partition coefficient (Wildman–Crippen LogP) is 3.03. The summed E-state index contributed by atoms with van der Waals surface area (Å²) in [5.74, 6) is -0.589. The van der Waals surface area contributed by atoms with Gasteiger partial charge >= 0.3 is 5.97 Å². The van der Waals surface area contributed by atoms with Gasteiger partial charge in [0, 0.05) is 6.07 Å². The van der Waals surface area contributed by atoms with Crippen molar-refractivity contribution < 1.29 is 33.4 Å². The molecule has 2 aliphatic carbocycles. The summed E-state index contributed by atoms with van der Waals surface area (Å²) >= 11 is 0. The first-order chi connectivity index (χ1) is 16.9. The van der Waals surface area contributed by atoms with E-state index in [1.54, 1.807) is 30.3 Å². The number of methoxy groups -OCH3 is 2. The zero-order chi connectivity index (χ0) is 24.7. The van der Waals surface area contributed by atoms with E-state index in [9.17, 15) is 19.2 Å². The number of carbonyl (C=O) groups excluding carboxylic acids is 4. The van der Waals surface area contributed by atoms with Gasteiger partial charge in [0.2, 0.25) is 11.8 Å². The fraction of sp³-hybridized carbons (Fsp3) is 0.385. The molecule has 0 aromatic heterocycles. The van der Waals surface area contributed by atoms with E-state index in [1.165, 1.54) is 31.3 Å². The van der Waals surface area contributed by atoms with Crippen molar-refractivity contribution in [3.8, 4) is 11.5 Å². The van der Waals surface area contributed by atoms with Gasteiger partial charge < -0.3 is 19.5 Å². The molecule has 0 spiro atoms. The lowest BCUT2D eigenvalue weighted by atomic mass is 9.81. The molecule has 2 aromatic rings. The topological polar surface area (TPSA) is 111 Å². The molecule has 4 atom stereocenters. The van der Waals surface area contributed by atoms with Crippen molar-refractivity contribution in [3.05, 3.63) is 48.0 Å². The number of esters is 1. The maximum Gasteiger partial charge on any atom is 0.338 e. The summed E-state index contributed by atoms with van der Waals surface area (Å²) in [7, 11) is 2.98. The molecular weight excluding hydrogens is 452 g/mol. The number of carbonyl (C=O) groups is 4. The Morgan fingerprint density at radius 1 is 0.971 bits per heavy atom. The Morgan fingerprint density at radius 3 is 2.34 bits per heavy atom. The van der Waals surface area contributed by atoms with Crippen LogP contribution in [0.25, 0.3) is 0 Å². The van der Waals surface area contributed by atoms with Gasteiger partial charge in [-0.1, -0.05) is 6.07 Å². The lowest BCUT2D eigenvalue weighted by Gasteiger charge is -2.19. The Morgan fingerprint density at radius 2 is 1.69 bits per heavy atom. The molecular formula is C26H26N2O7. The van der Waals surface area contributed by atoms with Gasteiger partial charge in [0.15, 0.2) is 6.61 Å². The number of benzene rings is 2. The number of anilines is 2. The molecule has 3 fully saturated rings. The van der Waals surface area contributed by atoms with Gasteiger partial charge in [-0.3, -0.25) is 19.3 Å². The molecule has 1 saturated heterocycles. The van der Waals surface area contributed by atoms with Crippen molar-refractivity contribution in [3.63, 3.8) is 0 Å². The third-order valence-electron chi connectivity index (χ3n) is 7.28. The van der Waals surface area contributed by atoms with Gasteiger partial charge in [0.1, 0.15) is 11.5 Å². The van der Waals surface area contributed by atoms with Crippen LogP contribution in [-0.4, -0.2) is 44.5 Å². The molecule has 2 saturated carbocycles. The lowest BCUT2D eigenvalue weighted by Crippen LogP contribution is -2.32. The highest BCUT2D eigenvalue weighted by molar-refractivity contribution is 6.22. The van der Waals surface area contributed by atoms with Crippen LogP contribution in [0.15, 0.2) is 42.5 Å². The molecule has 9 heteroatoms. The smallest absolute Gasteiger partial charge is 0.338 e. The van der Waals surface area contributed by atoms with Crippen LogP contribution >= 0.6 is 0 Å². The SMILES string of the molecule is COc1ccc(NC(=O)COC(=O)c2cccc(N3C(=O)[C@@H]4[C@H]5CC[C@@H](C5)[C@H]4C3=O)c2)c(OC)c1. The van der Waals surface area contributed by atoms with E-state index >= 15 is 0 Å². The first kappa shape index (κ1) is 22.9. The normalized spacial score (nSPS) is 24.3. The first-order valence-electron chi connectivity index (χ1n) is 11.6. The second kappa shape index (κ2) is 9.05. The molecule has 9 nitrogen and oxygen atoms in total. The number of nitrogens with zero attached hydrogens (tertiary/aromatic N) is 1. The van der Waals surface area contributed by atoms with Crippen LogP contribution in [0.3, 0.4) is 0 Å². The number of hydrogen-bond donors (Lipinski definition) is 1. The first-order valence-corrected chi connectivity index (χ1v) is 11.6. The fourth-order valence-electron chi connectivity index (χ4n) is 5.74. The fourth-order valence-corrected chi connectivity index (χ4v) is 5.74. The second-order valence-corrected chi connectivity index (χ2v) is 9.14. The van der Waals surface area contributed by atoms with Gasteiger partial charge in [-0.25, -0.2) is 4.79 Å². The van der Waals surface area contributed by atoms with E-state index in [0.717, 1.165) is 19.3 Å². The number of nitrogens with one attached hydrogen (secondary N) is 1. The van der Waals surface area contributed by atoms with Gasteiger partial charge in [0.05, 0.1) is 43.0 Å². The van der Waals surface area contributed by atoms with Crippen LogP contribution in [0.2, 0.25) is 0 Å². The van der Waals surface area contributed by atoms with E-state index < -0.39 is 18.5 Å². The summed E-state index contributed by atoms with van der Waals surface area (Å²) in [6.07, 6.45) is 2.95. The number of hydrogen-bond acceptors (Lipinski definition) is 7. The number of rotatable bonds is 7. The monoisotopic (exact) mass is 478 g/mol. The predicted molar refractivity (Wildman–Crippen MR) is 125 cm³/mol. The average molecular weight is 479 g/mol. The molecule has 2 aromatic carbocycles. The van der Waals surface area contributed by atoms with Crippen LogP contribution in [-0.2, 0) is 19.1 Å². The van der Waals surface area contributed by atoms with Crippen molar-refractivity contribution >= 4 is 35.1 Å². The van der Waals surface area contributed by atoms with E-state index in [-0.39, 0.29) is 41.0 Å². The molecule has 1 aliphatic heterocycles. The molecule has 0 unspecified atom stereocenters. The Hall–Kier alpha value is -3.88. The molecule has 1 N–H and O–H groups in total. The number of ether oxygens (including phenoxy) is 3. The summed E-state index contributed by atoms with van der Waals surface area (Å²) in [4.78, 5) is 52.3. The van der Waals surface area contributed by atoms with E-state index in [1.807, 2.05) is 0 Å². The molecule has 182 valence electrons. The van der Waals surface area contributed by atoms with Gasteiger partial charge in [-0.05, 0) is 61.4 Å². The van der Waals surface area contributed by atoms with Crippen LogP contribution in [0.4, 0.5) is 11.4 Å². The van der Waals surface area contributed by atoms with Crippen LogP contribution in [0.1, 0.15) is 29.6 Å². The van der Waals surface area contributed by atoms with Gasteiger partial charge in [-0.15, -0.1) is 0 Å². The van der Waals surface area contributed by atoms with Gasteiger partial charge in [0.25, 0.3) is 5.91 Å². The van der Waals surface area contributed by atoms with Crippen LogP contribution < -0.4 is 19.7 Å². The average Bonchev–Trinajstić information content (AvgIpc) is 3.56. The number of amides is 3. The molecule has 5 rings (SSSR count). The van der Waals surface area contributed by atoms with Crippen molar-refractivity contribution in [2.24, 2.45) is 23.7 Å². The number of imide groups is 1. The highest BCUT2D eigenvalue weighted by Gasteiger charge is 2.61. The molecule has 3 aliphatic rings. The Bertz CT molecular complexity index is 1180. The molecule has 1 heterocycles. The molecule has 0 radical (unpaired) electrons. The Kier molecular flexibility index (Phi) is 5.92. The minimum atomic E-state index is -0.733. The van der Waals surface area contributed by atoms with Crippen molar-refractivity contribution in [2.45, 2.75) is 19.3 Å². The third-order valence-corrected chi connectivity index (χ3v) is 7.28. The van der Waals surface area contributed by atoms with E-state index in [4.69, 9.17) is 14.2 Å². The summed E-state index contributed by atoms with van der Waals surface area (Å²) in [5.41, 5.74) is 0.913. The number of fused-ring (bicyclic) bond motifs is 5. The van der Waals surface area contributed by atoms with Crippen molar-refractivity contribution in [1.82, 2.24) is 0 Å². The third kappa shape index (κ3) is 4.00.